The van der Waals surface area contributed by atoms with Crippen LogP contribution in [0, 0.1) is 16.0 Å². The van der Waals surface area contributed by atoms with E-state index in [1.807, 2.05) is 6.07 Å². The quantitative estimate of drug-likeness (QED) is 0.594. The number of nitro groups is 1. The van der Waals surface area contributed by atoms with Crippen molar-refractivity contribution >= 4 is 17.4 Å². The van der Waals surface area contributed by atoms with E-state index in [9.17, 15) is 14.9 Å². The topological polar surface area (TPSA) is 97.6 Å². The number of para-hydroxylation sites is 2. The number of ether oxygens (including phenoxy) is 1. The number of nitro benzene ring substituents is 1. The third-order valence-electron chi connectivity index (χ3n) is 4.60. The zero-order valence-corrected chi connectivity index (χ0v) is 14.9. The van der Waals surface area contributed by atoms with Gasteiger partial charge in [-0.1, -0.05) is 18.2 Å². The van der Waals surface area contributed by atoms with Crippen molar-refractivity contribution in [3.63, 3.8) is 0 Å². The molecule has 0 atom stereocenters. The standard InChI is InChI=1S/C19H22N4O4/c24-19(21-18-7-3-4-10-20-18)15-8-11-22(12-9-15)13-14-27-17-6-2-1-5-16(17)23(25)26/h1-7,10,15H,8-9,11-14H2,(H,20,21,24). The van der Waals surface area contributed by atoms with Crippen molar-refractivity contribution in [2.45, 2.75) is 12.8 Å². The maximum atomic E-state index is 12.3. The fourth-order valence-electron chi connectivity index (χ4n) is 3.10. The number of hydrogen-bond donors (Lipinski definition) is 1. The van der Waals surface area contributed by atoms with E-state index in [0.29, 0.717) is 19.0 Å². The van der Waals surface area contributed by atoms with Gasteiger partial charge in [0.2, 0.25) is 5.91 Å². The van der Waals surface area contributed by atoms with Crippen LogP contribution in [0.25, 0.3) is 0 Å². The van der Waals surface area contributed by atoms with E-state index in [1.165, 1.54) is 6.07 Å². The zero-order chi connectivity index (χ0) is 19.1. The Kier molecular flexibility index (Phi) is 6.32. The van der Waals surface area contributed by atoms with Crippen LogP contribution in [0.4, 0.5) is 11.5 Å². The molecule has 1 aromatic heterocycles. The van der Waals surface area contributed by atoms with E-state index >= 15 is 0 Å². The summed E-state index contributed by atoms with van der Waals surface area (Å²) in [5, 5.41) is 13.8. The van der Waals surface area contributed by atoms with Gasteiger partial charge in [0, 0.05) is 24.7 Å². The summed E-state index contributed by atoms with van der Waals surface area (Å²) in [6.07, 6.45) is 3.18. The largest absolute Gasteiger partial charge is 0.485 e. The van der Waals surface area contributed by atoms with Crippen molar-refractivity contribution in [2.75, 3.05) is 31.6 Å². The summed E-state index contributed by atoms with van der Waals surface area (Å²) in [6, 6.07) is 11.8. The lowest BCUT2D eigenvalue weighted by Gasteiger charge is -2.31. The summed E-state index contributed by atoms with van der Waals surface area (Å²) in [6.45, 7) is 2.62. The van der Waals surface area contributed by atoms with Gasteiger partial charge in [-0.25, -0.2) is 4.98 Å². The average Bonchev–Trinajstić information content (AvgIpc) is 2.69. The molecular weight excluding hydrogens is 348 g/mol. The molecule has 0 radical (unpaired) electrons. The molecule has 2 aromatic rings. The van der Waals surface area contributed by atoms with Crippen LogP contribution in [0.3, 0.4) is 0 Å². The number of aromatic nitrogens is 1. The highest BCUT2D eigenvalue weighted by atomic mass is 16.6. The zero-order valence-electron chi connectivity index (χ0n) is 14.9. The van der Waals surface area contributed by atoms with Crippen LogP contribution in [0.2, 0.25) is 0 Å². The lowest BCUT2D eigenvalue weighted by molar-refractivity contribution is -0.385. The lowest BCUT2D eigenvalue weighted by atomic mass is 9.96. The Morgan fingerprint density at radius 2 is 1.96 bits per heavy atom. The van der Waals surface area contributed by atoms with Crippen molar-refractivity contribution in [1.82, 2.24) is 9.88 Å². The number of nitrogens with zero attached hydrogens (tertiary/aromatic N) is 3. The Morgan fingerprint density at radius 1 is 1.22 bits per heavy atom. The van der Waals surface area contributed by atoms with E-state index < -0.39 is 4.92 Å². The second-order valence-corrected chi connectivity index (χ2v) is 6.39. The number of pyridine rings is 1. The molecule has 8 nitrogen and oxygen atoms in total. The minimum atomic E-state index is -0.443. The third kappa shape index (κ3) is 5.24. The van der Waals surface area contributed by atoms with E-state index in [2.05, 4.69) is 15.2 Å². The first-order valence-electron chi connectivity index (χ1n) is 8.94. The number of nitrogens with one attached hydrogen (secondary N) is 1. The number of hydrogen-bond acceptors (Lipinski definition) is 6. The second kappa shape index (κ2) is 9.09. The Labute approximate surface area is 157 Å². The van der Waals surface area contributed by atoms with Gasteiger partial charge < -0.3 is 10.1 Å². The summed E-state index contributed by atoms with van der Waals surface area (Å²) < 4.78 is 5.58. The fraction of sp³-hybridized carbons (Fsp3) is 0.368. The van der Waals surface area contributed by atoms with E-state index in [4.69, 9.17) is 4.74 Å². The van der Waals surface area contributed by atoms with Crippen molar-refractivity contribution in [1.29, 1.82) is 0 Å². The van der Waals surface area contributed by atoms with Gasteiger partial charge in [-0.2, -0.15) is 0 Å². The summed E-state index contributed by atoms with van der Waals surface area (Å²) in [5.41, 5.74) is -0.0256. The Morgan fingerprint density at radius 3 is 2.67 bits per heavy atom. The molecule has 0 bridgehead atoms. The first-order chi connectivity index (χ1) is 13.1. The summed E-state index contributed by atoms with van der Waals surface area (Å²) >= 11 is 0. The number of carbonyl (C=O) groups is 1. The number of amides is 1. The van der Waals surface area contributed by atoms with E-state index in [-0.39, 0.29) is 23.3 Å². The van der Waals surface area contributed by atoms with Crippen LogP contribution < -0.4 is 10.1 Å². The van der Waals surface area contributed by atoms with Gasteiger partial charge in [0.1, 0.15) is 12.4 Å². The Balaban J connectivity index is 1.41. The van der Waals surface area contributed by atoms with Crippen molar-refractivity contribution in [3.8, 4) is 5.75 Å². The minimum absolute atomic E-state index is 0.00418. The molecule has 1 amide bonds. The molecule has 1 aliphatic rings. The molecule has 3 rings (SSSR count). The van der Waals surface area contributed by atoms with Crippen molar-refractivity contribution in [3.05, 3.63) is 58.8 Å². The van der Waals surface area contributed by atoms with Gasteiger partial charge in [-0.05, 0) is 44.1 Å². The molecule has 142 valence electrons. The fourth-order valence-corrected chi connectivity index (χ4v) is 3.10. The van der Waals surface area contributed by atoms with Gasteiger partial charge in [-0.15, -0.1) is 0 Å². The number of anilines is 1. The highest BCUT2D eigenvalue weighted by molar-refractivity contribution is 5.91. The van der Waals surface area contributed by atoms with Crippen LogP contribution in [0.5, 0.6) is 5.75 Å². The molecule has 1 aliphatic heterocycles. The first kappa shape index (κ1) is 18.8. The SMILES string of the molecule is O=C(Nc1ccccn1)C1CCN(CCOc2ccccc2[N+](=O)[O-])CC1. The monoisotopic (exact) mass is 370 g/mol. The molecule has 0 aliphatic carbocycles. The molecule has 1 fully saturated rings. The molecule has 1 N–H and O–H groups in total. The number of piperidine rings is 1. The highest BCUT2D eigenvalue weighted by Crippen LogP contribution is 2.26. The number of benzene rings is 1. The van der Waals surface area contributed by atoms with Crippen LogP contribution in [-0.4, -0.2) is 47.0 Å². The van der Waals surface area contributed by atoms with Crippen LogP contribution in [0.15, 0.2) is 48.7 Å². The predicted octanol–water partition coefficient (Wildman–Crippen LogP) is 2.72. The molecule has 8 heteroatoms. The van der Waals surface area contributed by atoms with Crippen molar-refractivity contribution < 1.29 is 14.5 Å². The van der Waals surface area contributed by atoms with Gasteiger partial charge in [-0.3, -0.25) is 19.8 Å². The van der Waals surface area contributed by atoms with Crippen LogP contribution in [0.1, 0.15) is 12.8 Å². The maximum absolute atomic E-state index is 12.3. The number of carbonyl (C=O) groups excluding carboxylic acids is 1. The number of likely N-dealkylation sites (tertiary alicyclic amines) is 1. The molecule has 0 spiro atoms. The second-order valence-electron chi connectivity index (χ2n) is 6.39. The molecule has 27 heavy (non-hydrogen) atoms. The highest BCUT2D eigenvalue weighted by Gasteiger charge is 2.25. The maximum Gasteiger partial charge on any atom is 0.310 e. The molecule has 0 saturated carbocycles. The van der Waals surface area contributed by atoms with Gasteiger partial charge >= 0.3 is 5.69 Å². The number of rotatable bonds is 7. The van der Waals surface area contributed by atoms with Crippen LogP contribution in [-0.2, 0) is 4.79 Å². The minimum Gasteiger partial charge on any atom is -0.485 e. The lowest BCUT2D eigenvalue weighted by Crippen LogP contribution is -2.40. The molecule has 0 unspecified atom stereocenters. The van der Waals surface area contributed by atoms with Crippen molar-refractivity contribution in [2.24, 2.45) is 5.92 Å². The average molecular weight is 370 g/mol. The molecule has 1 saturated heterocycles. The summed E-state index contributed by atoms with van der Waals surface area (Å²) in [5.74, 6) is 0.832. The third-order valence-corrected chi connectivity index (χ3v) is 4.60. The smallest absolute Gasteiger partial charge is 0.310 e. The Bertz CT molecular complexity index is 776. The summed E-state index contributed by atoms with van der Waals surface area (Å²) in [7, 11) is 0. The van der Waals surface area contributed by atoms with Crippen LogP contribution >= 0.6 is 0 Å². The van der Waals surface area contributed by atoms with Gasteiger partial charge in [0.05, 0.1) is 4.92 Å². The predicted molar refractivity (Wildman–Crippen MR) is 101 cm³/mol. The van der Waals surface area contributed by atoms with Gasteiger partial charge in [0.25, 0.3) is 0 Å². The molecule has 1 aromatic carbocycles. The summed E-state index contributed by atoms with van der Waals surface area (Å²) in [4.78, 5) is 29.2. The normalized spacial score (nSPS) is 15.3. The Hall–Kier alpha value is -3.00. The molecule has 2 heterocycles. The molecular formula is C19H22N4O4. The van der Waals surface area contributed by atoms with Gasteiger partial charge in [0.15, 0.2) is 5.75 Å². The first-order valence-corrected chi connectivity index (χ1v) is 8.94. The van der Waals surface area contributed by atoms with E-state index in [1.54, 1.807) is 36.5 Å². The van der Waals surface area contributed by atoms with E-state index in [0.717, 1.165) is 25.9 Å².